The molecule has 1 aliphatic rings. The van der Waals surface area contributed by atoms with Crippen LogP contribution in [0.2, 0.25) is 0 Å². The molecule has 0 amide bonds. The van der Waals surface area contributed by atoms with Gasteiger partial charge in [0.05, 0.1) is 0 Å². The summed E-state index contributed by atoms with van der Waals surface area (Å²) in [5.74, 6) is 0.993. The Morgan fingerprint density at radius 2 is 1.89 bits per heavy atom. The van der Waals surface area contributed by atoms with Gasteiger partial charge in [-0.3, -0.25) is 0 Å². The van der Waals surface area contributed by atoms with E-state index in [1.54, 1.807) is 0 Å². The zero-order valence-electron chi connectivity index (χ0n) is 12.1. The Kier molecular flexibility index (Phi) is 4.82. The first kappa shape index (κ1) is 13.6. The Balaban J connectivity index is 1.96. The molecule has 1 unspecified atom stereocenters. The number of hydrogen-bond acceptors (Lipinski definition) is 1. The number of hydrogen-bond donors (Lipinski definition) is 1. The van der Waals surface area contributed by atoms with Crippen LogP contribution in [0.1, 0.15) is 61.3 Å². The smallest absolute Gasteiger partial charge is 0.0317 e. The second-order valence-corrected chi connectivity index (χ2v) is 5.91. The molecule has 2 rings (SSSR count). The standard InChI is InChI=1S/C17H27N/c1-13-8-10-16(12-14(13)2)17(18-3)11-9-15-6-4-5-7-15/h8,10,12,15,17-18H,4-7,9,11H2,1-3H3. The third-order valence-corrected chi connectivity index (χ3v) is 4.62. The molecular weight excluding hydrogens is 218 g/mol. The molecule has 0 saturated heterocycles. The summed E-state index contributed by atoms with van der Waals surface area (Å²) in [6, 6.07) is 7.43. The summed E-state index contributed by atoms with van der Waals surface area (Å²) < 4.78 is 0. The highest BCUT2D eigenvalue weighted by Gasteiger charge is 2.17. The van der Waals surface area contributed by atoms with Crippen LogP contribution >= 0.6 is 0 Å². The highest BCUT2D eigenvalue weighted by molar-refractivity contribution is 5.31. The fourth-order valence-electron chi connectivity index (χ4n) is 3.16. The predicted molar refractivity (Wildman–Crippen MR) is 78.9 cm³/mol. The molecule has 1 nitrogen and oxygen atoms in total. The maximum Gasteiger partial charge on any atom is 0.0317 e. The average Bonchev–Trinajstić information content (AvgIpc) is 2.87. The SMILES string of the molecule is CNC(CCC1CCCC1)c1ccc(C)c(C)c1. The van der Waals surface area contributed by atoms with Gasteiger partial charge in [0.2, 0.25) is 0 Å². The Hall–Kier alpha value is -0.820. The van der Waals surface area contributed by atoms with E-state index in [2.05, 4.69) is 44.4 Å². The van der Waals surface area contributed by atoms with Crippen molar-refractivity contribution >= 4 is 0 Å². The minimum Gasteiger partial charge on any atom is -0.313 e. The lowest BCUT2D eigenvalue weighted by molar-refractivity contribution is 0.427. The lowest BCUT2D eigenvalue weighted by Gasteiger charge is -2.19. The molecule has 1 fully saturated rings. The molecule has 0 aromatic heterocycles. The first-order chi connectivity index (χ1) is 8.70. The van der Waals surface area contributed by atoms with E-state index in [4.69, 9.17) is 0 Å². The van der Waals surface area contributed by atoms with E-state index < -0.39 is 0 Å². The largest absolute Gasteiger partial charge is 0.313 e. The van der Waals surface area contributed by atoms with Gasteiger partial charge in [0.25, 0.3) is 0 Å². The second-order valence-electron chi connectivity index (χ2n) is 5.91. The Morgan fingerprint density at radius 1 is 1.17 bits per heavy atom. The van der Waals surface area contributed by atoms with Crippen molar-refractivity contribution in [2.24, 2.45) is 5.92 Å². The van der Waals surface area contributed by atoms with Crippen LogP contribution in [0.3, 0.4) is 0 Å². The lowest BCUT2D eigenvalue weighted by atomic mass is 9.93. The van der Waals surface area contributed by atoms with Crippen LogP contribution in [0.15, 0.2) is 18.2 Å². The maximum atomic E-state index is 3.49. The number of aryl methyl sites for hydroxylation is 2. The minimum atomic E-state index is 0.532. The van der Waals surface area contributed by atoms with E-state index in [9.17, 15) is 0 Å². The quantitative estimate of drug-likeness (QED) is 0.803. The van der Waals surface area contributed by atoms with Gasteiger partial charge in [-0.15, -0.1) is 0 Å². The summed E-state index contributed by atoms with van der Waals surface area (Å²) in [6.07, 6.45) is 8.51. The van der Waals surface area contributed by atoms with Crippen LogP contribution in [-0.4, -0.2) is 7.05 Å². The van der Waals surface area contributed by atoms with Crippen molar-refractivity contribution in [1.82, 2.24) is 5.32 Å². The summed E-state index contributed by atoms with van der Waals surface area (Å²) >= 11 is 0. The molecule has 1 aromatic rings. The van der Waals surface area contributed by atoms with Crippen molar-refractivity contribution in [1.29, 1.82) is 0 Å². The van der Waals surface area contributed by atoms with Gasteiger partial charge in [-0.05, 0) is 56.3 Å². The molecule has 0 bridgehead atoms. The molecule has 0 radical (unpaired) electrons. The van der Waals surface area contributed by atoms with Crippen LogP contribution in [0, 0.1) is 19.8 Å². The van der Waals surface area contributed by atoms with E-state index in [1.165, 1.54) is 55.2 Å². The molecular formula is C17H27N. The van der Waals surface area contributed by atoms with Crippen LogP contribution in [0.25, 0.3) is 0 Å². The lowest BCUT2D eigenvalue weighted by Crippen LogP contribution is -2.17. The summed E-state index contributed by atoms with van der Waals surface area (Å²) in [6.45, 7) is 4.40. The van der Waals surface area contributed by atoms with Crippen molar-refractivity contribution in [3.63, 3.8) is 0 Å². The Morgan fingerprint density at radius 3 is 2.50 bits per heavy atom. The summed E-state index contributed by atoms with van der Waals surface area (Å²) in [7, 11) is 2.09. The summed E-state index contributed by atoms with van der Waals surface area (Å²) in [5.41, 5.74) is 4.26. The fourth-order valence-corrected chi connectivity index (χ4v) is 3.16. The van der Waals surface area contributed by atoms with Crippen molar-refractivity contribution in [3.8, 4) is 0 Å². The topological polar surface area (TPSA) is 12.0 Å². The molecule has 1 aromatic carbocycles. The Bertz CT molecular complexity index is 377. The van der Waals surface area contributed by atoms with E-state index >= 15 is 0 Å². The predicted octanol–water partition coefficient (Wildman–Crippen LogP) is 4.53. The minimum absolute atomic E-state index is 0.532. The van der Waals surface area contributed by atoms with E-state index in [-0.39, 0.29) is 0 Å². The van der Waals surface area contributed by atoms with Crippen LogP contribution < -0.4 is 5.32 Å². The van der Waals surface area contributed by atoms with Gasteiger partial charge in [0.1, 0.15) is 0 Å². The summed E-state index contributed by atoms with van der Waals surface area (Å²) in [5, 5.41) is 3.49. The van der Waals surface area contributed by atoms with Crippen LogP contribution in [-0.2, 0) is 0 Å². The van der Waals surface area contributed by atoms with Gasteiger partial charge in [0.15, 0.2) is 0 Å². The second kappa shape index (κ2) is 6.38. The highest BCUT2D eigenvalue weighted by Crippen LogP contribution is 2.31. The molecule has 0 spiro atoms. The third-order valence-electron chi connectivity index (χ3n) is 4.62. The van der Waals surface area contributed by atoms with Gasteiger partial charge in [-0.2, -0.15) is 0 Å². The molecule has 0 aliphatic heterocycles. The van der Waals surface area contributed by atoms with Crippen LogP contribution in [0.4, 0.5) is 0 Å². The zero-order chi connectivity index (χ0) is 13.0. The maximum absolute atomic E-state index is 3.49. The van der Waals surface area contributed by atoms with E-state index in [0.29, 0.717) is 6.04 Å². The number of rotatable bonds is 5. The number of benzene rings is 1. The fraction of sp³-hybridized carbons (Fsp3) is 0.647. The van der Waals surface area contributed by atoms with Crippen molar-refractivity contribution in [2.45, 2.75) is 58.4 Å². The van der Waals surface area contributed by atoms with Crippen molar-refractivity contribution in [2.75, 3.05) is 7.05 Å². The number of nitrogens with one attached hydrogen (secondary N) is 1. The van der Waals surface area contributed by atoms with Crippen LogP contribution in [0.5, 0.6) is 0 Å². The van der Waals surface area contributed by atoms with Gasteiger partial charge >= 0.3 is 0 Å². The third kappa shape index (κ3) is 3.35. The molecule has 1 saturated carbocycles. The first-order valence-electron chi connectivity index (χ1n) is 7.45. The van der Waals surface area contributed by atoms with Gasteiger partial charge in [0, 0.05) is 6.04 Å². The average molecular weight is 245 g/mol. The molecule has 0 heterocycles. The molecule has 1 heteroatoms. The molecule has 1 N–H and O–H groups in total. The first-order valence-corrected chi connectivity index (χ1v) is 7.45. The normalized spacial score (nSPS) is 18.2. The monoisotopic (exact) mass is 245 g/mol. The van der Waals surface area contributed by atoms with Gasteiger partial charge in [-0.25, -0.2) is 0 Å². The molecule has 1 aliphatic carbocycles. The van der Waals surface area contributed by atoms with Crippen molar-refractivity contribution in [3.05, 3.63) is 34.9 Å². The van der Waals surface area contributed by atoms with E-state index in [0.717, 1.165) is 5.92 Å². The van der Waals surface area contributed by atoms with Gasteiger partial charge < -0.3 is 5.32 Å². The molecule has 1 atom stereocenters. The summed E-state index contributed by atoms with van der Waals surface area (Å²) in [4.78, 5) is 0. The van der Waals surface area contributed by atoms with Gasteiger partial charge in [-0.1, -0.05) is 43.9 Å². The Labute approximate surface area is 112 Å². The van der Waals surface area contributed by atoms with E-state index in [1.807, 2.05) is 0 Å². The molecule has 100 valence electrons. The zero-order valence-corrected chi connectivity index (χ0v) is 12.1. The highest BCUT2D eigenvalue weighted by atomic mass is 14.9. The molecule has 18 heavy (non-hydrogen) atoms. The van der Waals surface area contributed by atoms with Crippen molar-refractivity contribution < 1.29 is 0 Å².